The Bertz CT molecular complexity index is 824. The molecule has 2 unspecified atom stereocenters. The summed E-state index contributed by atoms with van der Waals surface area (Å²) in [5, 5.41) is 21.2. The monoisotopic (exact) mass is 440 g/mol. The van der Waals surface area contributed by atoms with E-state index in [-0.39, 0.29) is 23.1 Å². The van der Waals surface area contributed by atoms with E-state index >= 15 is 0 Å². The third-order valence-electron chi connectivity index (χ3n) is 9.59. The zero-order valence-electron chi connectivity index (χ0n) is 20.4. The average Bonchev–Trinajstić information content (AvgIpc) is 3.07. The molecule has 0 radical (unpaired) electrons. The number of rotatable bonds is 8. The number of allylic oxidation sites excluding steroid dienone is 1. The van der Waals surface area contributed by atoms with Crippen LogP contribution in [0.1, 0.15) is 81.8 Å². The van der Waals surface area contributed by atoms with Gasteiger partial charge in [0.05, 0.1) is 12.3 Å². The second-order valence-corrected chi connectivity index (χ2v) is 11.5. The number of aliphatic hydroxyl groups excluding tert-OH is 1. The number of aryl methyl sites for hydroxylation is 1. The van der Waals surface area contributed by atoms with E-state index in [1.165, 1.54) is 30.4 Å². The van der Waals surface area contributed by atoms with Crippen molar-refractivity contribution in [3.8, 4) is 5.75 Å². The first-order valence-electron chi connectivity index (χ1n) is 12.8. The molecule has 1 aromatic carbocycles. The summed E-state index contributed by atoms with van der Waals surface area (Å²) in [6.07, 6.45) is 13.2. The normalized spacial score (nSPS) is 36.9. The van der Waals surface area contributed by atoms with E-state index in [4.69, 9.17) is 5.73 Å². The Morgan fingerprint density at radius 3 is 2.75 bits per heavy atom. The van der Waals surface area contributed by atoms with Crippen LogP contribution in [0.2, 0.25) is 0 Å². The van der Waals surface area contributed by atoms with E-state index in [9.17, 15) is 10.2 Å². The molecule has 0 amide bonds. The summed E-state index contributed by atoms with van der Waals surface area (Å²) in [7, 11) is 4.09. The lowest BCUT2D eigenvalue weighted by Gasteiger charge is -2.60. The van der Waals surface area contributed by atoms with E-state index in [1.807, 2.05) is 26.2 Å². The first-order valence-corrected chi connectivity index (χ1v) is 12.8. The van der Waals surface area contributed by atoms with Crippen LogP contribution in [0.3, 0.4) is 0 Å². The summed E-state index contributed by atoms with van der Waals surface area (Å²) in [5.41, 5.74) is 8.96. The molecule has 3 aliphatic rings. The molecule has 0 aromatic heterocycles. The first-order chi connectivity index (χ1) is 15.2. The minimum Gasteiger partial charge on any atom is -0.508 e. The standard InChI is InChI=1S/C28H44N2O2/c1-5-28-16-15-19-17-21(31)11-12-22(19)26(28)20(9-7-6-8-10-25(29)30(3)4)18-27(2)23(28)13-14-24(27)32/h5,11-12,17,20,23-26,31-32H,1,6-10,13-16,18,29H2,2-4H3/t20-,23+,24-,25?,26+,27-,28?/m0/s1. The number of hydrogen-bond donors (Lipinski definition) is 3. The Balaban J connectivity index is 1.59. The van der Waals surface area contributed by atoms with Gasteiger partial charge in [0.1, 0.15) is 5.75 Å². The van der Waals surface area contributed by atoms with Crippen molar-refractivity contribution in [2.75, 3.05) is 14.1 Å². The fourth-order valence-corrected chi connectivity index (χ4v) is 7.89. The van der Waals surface area contributed by atoms with E-state index in [1.54, 1.807) is 0 Å². The van der Waals surface area contributed by atoms with Crippen molar-refractivity contribution in [2.24, 2.45) is 28.4 Å². The molecule has 2 fully saturated rings. The Hall–Kier alpha value is -1.36. The Morgan fingerprint density at radius 2 is 2.03 bits per heavy atom. The quantitative estimate of drug-likeness (QED) is 0.296. The largest absolute Gasteiger partial charge is 0.508 e. The first kappa shape index (κ1) is 23.8. The Labute approximate surface area is 194 Å². The second-order valence-electron chi connectivity index (χ2n) is 11.5. The summed E-state index contributed by atoms with van der Waals surface area (Å²) >= 11 is 0. The molecule has 4 nitrogen and oxygen atoms in total. The predicted octanol–water partition coefficient (Wildman–Crippen LogP) is 5.19. The zero-order valence-corrected chi connectivity index (χ0v) is 20.4. The molecule has 0 aliphatic heterocycles. The van der Waals surface area contributed by atoms with Gasteiger partial charge in [0.2, 0.25) is 0 Å². The Morgan fingerprint density at radius 1 is 1.25 bits per heavy atom. The number of nitrogens with zero attached hydrogens (tertiary/aromatic N) is 1. The van der Waals surface area contributed by atoms with Gasteiger partial charge in [0.15, 0.2) is 0 Å². The van der Waals surface area contributed by atoms with Crippen LogP contribution in [-0.2, 0) is 6.42 Å². The summed E-state index contributed by atoms with van der Waals surface area (Å²) in [4.78, 5) is 2.09. The number of benzene rings is 1. The number of nitrogens with two attached hydrogens (primary N) is 1. The minimum atomic E-state index is -0.202. The van der Waals surface area contributed by atoms with Gasteiger partial charge in [-0.25, -0.2) is 0 Å². The van der Waals surface area contributed by atoms with Crippen molar-refractivity contribution in [1.82, 2.24) is 4.90 Å². The number of hydrogen-bond acceptors (Lipinski definition) is 4. The van der Waals surface area contributed by atoms with Crippen LogP contribution in [-0.4, -0.2) is 41.5 Å². The third-order valence-corrected chi connectivity index (χ3v) is 9.59. The van der Waals surface area contributed by atoms with Gasteiger partial charge in [-0.1, -0.05) is 38.3 Å². The summed E-state index contributed by atoms with van der Waals surface area (Å²) in [5.74, 6) is 1.84. The highest BCUT2D eigenvalue weighted by Gasteiger charge is 2.63. The van der Waals surface area contributed by atoms with Crippen LogP contribution in [0.5, 0.6) is 5.75 Å². The van der Waals surface area contributed by atoms with Gasteiger partial charge in [0, 0.05) is 0 Å². The molecule has 0 saturated heterocycles. The lowest BCUT2D eigenvalue weighted by molar-refractivity contribution is -0.0812. The van der Waals surface area contributed by atoms with Crippen molar-refractivity contribution in [1.29, 1.82) is 0 Å². The van der Waals surface area contributed by atoms with E-state index in [0.717, 1.165) is 44.9 Å². The third kappa shape index (κ3) is 3.93. The lowest BCUT2D eigenvalue weighted by Crippen LogP contribution is -2.54. The fourth-order valence-electron chi connectivity index (χ4n) is 7.89. The van der Waals surface area contributed by atoms with Crippen LogP contribution in [0.25, 0.3) is 0 Å². The maximum atomic E-state index is 11.1. The molecule has 0 spiro atoms. The van der Waals surface area contributed by atoms with Gasteiger partial charge in [-0.2, -0.15) is 0 Å². The molecule has 0 bridgehead atoms. The van der Waals surface area contributed by atoms with Crippen molar-refractivity contribution < 1.29 is 10.2 Å². The molecule has 2 saturated carbocycles. The lowest BCUT2D eigenvalue weighted by atomic mass is 9.44. The molecule has 7 atom stereocenters. The minimum absolute atomic E-state index is 0.0168. The van der Waals surface area contributed by atoms with Crippen LogP contribution in [0.4, 0.5) is 0 Å². The van der Waals surface area contributed by atoms with Crippen LogP contribution in [0, 0.1) is 22.7 Å². The predicted molar refractivity (Wildman–Crippen MR) is 131 cm³/mol. The number of fused-ring (bicyclic) bond motifs is 5. The van der Waals surface area contributed by atoms with E-state index < -0.39 is 0 Å². The summed E-state index contributed by atoms with van der Waals surface area (Å²) in [6, 6.07) is 6.04. The fraction of sp³-hybridized carbons (Fsp3) is 0.714. The van der Waals surface area contributed by atoms with Crippen molar-refractivity contribution >= 4 is 0 Å². The number of aliphatic hydroxyl groups is 1. The summed E-state index contributed by atoms with van der Waals surface area (Å²) < 4.78 is 0. The molecule has 32 heavy (non-hydrogen) atoms. The van der Waals surface area contributed by atoms with Gasteiger partial charge in [-0.15, -0.1) is 6.58 Å². The highest BCUT2D eigenvalue weighted by atomic mass is 16.3. The van der Waals surface area contributed by atoms with Gasteiger partial charge in [0.25, 0.3) is 0 Å². The highest BCUT2D eigenvalue weighted by molar-refractivity contribution is 5.43. The van der Waals surface area contributed by atoms with Gasteiger partial charge in [-0.05, 0) is 111 Å². The molecule has 4 heteroatoms. The van der Waals surface area contributed by atoms with E-state index in [0.29, 0.717) is 23.5 Å². The average molecular weight is 441 g/mol. The molecule has 178 valence electrons. The molecule has 1 aromatic rings. The molecule has 3 aliphatic carbocycles. The highest BCUT2D eigenvalue weighted by Crippen LogP contribution is 2.69. The van der Waals surface area contributed by atoms with Gasteiger partial charge in [-0.3, -0.25) is 4.90 Å². The maximum absolute atomic E-state index is 11.1. The van der Waals surface area contributed by atoms with Crippen molar-refractivity contribution in [3.05, 3.63) is 42.0 Å². The molecular formula is C28H44N2O2. The molecule has 0 heterocycles. The van der Waals surface area contributed by atoms with Crippen molar-refractivity contribution in [2.45, 2.75) is 89.3 Å². The number of phenols is 1. The molecular weight excluding hydrogens is 396 g/mol. The Kier molecular flexibility index (Phi) is 6.78. The number of aromatic hydroxyl groups is 1. The van der Waals surface area contributed by atoms with Crippen LogP contribution >= 0.6 is 0 Å². The molecule has 4 N–H and O–H groups in total. The van der Waals surface area contributed by atoms with Gasteiger partial charge < -0.3 is 15.9 Å². The summed E-state index contributed by atoms with van der Waals surface area (Å²) in [6.45, 7) is 6.75. The number of unbranched alkanes of at least 4 members (excludes halogenated alkanes) is 2. The van der Waals surface area contributed by atoms with Crippen LogP contribution in [0.15, 0.2) is 30.9 Å². The van der Waals surface area contributed by atoms with Crippen LogP contribution < -0.4 is 5.73 Å². The SMILES string of the molecule is C=CC12CCc3cc(O)ccc3[C@H]1[C@@H](CCCCCC(N)N(C)C)C[C@]1(C)[C@@H](O)CC[C@@H]21. The zero-order chi connectivity index (χ0) is 23.1. The van der Waals surface area contributed by atoms with Crippen molar-refractivity contribution in [3.63, 3.8) is 0 Å². The molecule has 4 rings (SSSR count). The van der Waals surface area contributed by atoms with E-state index in [2.05, 4.69) is 30.5 Å². The van der Waals surface area contributed by atoms with Gasteiger partial charge >= 0.3 is 0 Å². The second kappa shape index (κ2) is 9.12. The smallest absolute Gasteiger partial charge is 0.115 e. The topological polar surface area (TPSA) is 69.7 Å². The number of phenolic OH excluding ortho intramolecular Hbond substituents is 1. The maximum Gasteiger partial charge on any atom is 0.115 e.